The molecule has 0 aliphatic carbocycles. The molecule has 118 valence electrons. The molecule has 0 atom stereocenters. The van der Waals surface area contributed by atoms with Crippen LogP contribution in [0.3, 0.4) is 0 Å². The first-order valence-corrected chi connectivity index (χ1v) is 8.12. The summed E-state index contributed by atoms with van der Waals surface area (Å²) in [5, 5.41) is 4.17. The third-order valence-corrected chi connectivity index (χ3v) is 4.46. The lowest BCUT2D eigenvalue weighted by molar-refractivity contribution is 1.23. The number of hydrogen-bond donors (Lipinski definition) is 0. The predicted octanol–water partition coefficient (Wildman–Crippen LogP) is 6.26. The highest BCUT2D eigenvalue weighted by atomic mass is 35.5. The van der Waals surface area contributed by atoms with E-state index in [4.69, 9.17) is 18.5 Å². The van der Waals surface area contributed by atoms with Crippen molar-refractivity contribution in [3.05, 3.63) is 84.0 Å². The second kappa shape index (κ2) is 5.54. The Kier molecular flexibility index (Phi) is 2.24. The highest BCUT2D eigenvalue weighted by molar-refractivity contribution is 6.31. The minimum atomic E-state index is -0.450. The number of rotatable bonds is 1. The molecule has 5 aromatic rings. The molecule has 1 heterocycles. The Morgan fingerprint density at radius 3 is 2.04 bits per heavy atom. The summed E-state index contributed by atoms with van der Waals surface area (Å²) in [6.45, 7) is 0. The van der Waals surface area contributed by atoms with Crippen molar-refractivity contribution in [1.82, 2.24) is 9.97 Å². The molecule has 5 rings (SSSR count). The highest BCUT2D eigenvalue weighted by Gasteiger charge is 2.15. The zero-order valence-corrected chi connectivity index (χ0v) is 13.6. The maximum atomic E-state index is 8.41. The summed E-state index contributed by atoms with van der Waals surface area (Å²) in [7, 11) is 0. The van der Waals surface area contributed by atoms with Crippen molar-refractivity contribution < 1.29 is 6.85 Å². The van der Waals surface area contributed by atoms with E-state index in [1.165, 1.54) is 0 Å². The first-order chi connectivity index (χ1) is 14.4. The smallest absolute Gasteiger partial charge is 0.217 e. The fourth-order valence-electron chi connectivity index (χ4n) is 3.29. The van der Waals surface area contributed by atoms with Gasteiger partial charge in [0.25, 0.3) is 0 Å². The van der Waals surface area contributed by atoms with Crippen molar-refractivity contribution in [2.75, 3.05) is 0 Å². The van der Waals surface area contributed by atoms with E-state index in [0.717, 1.165) is 21.5 Å². The van der Waals surface area contributed by atoms with Gasteiger partial charge in [-0.2, -0.15) is 0 Å². The second-order valence-corrected chi connectivity index (χ2v) is 5.99. The molecule has 25 heavy (non-hydrogen) atoms. The molecule has 0 saturated carbocycles. The SMILES string of the molecule is [2H]c1c([2H])c([2H])c(-c2nc(Cl)nc3c4ccccc4c4ccccc4c23)c([2H])c1[2H]. The fourth-order valence-corrected chi connectivity index (χ4v) is 3.46. The first kappa shape index (κ1) is 10.1. The summed E-state index contributed by atoms with van der Waals surface area (Å²) in [5.74, 6) is 0. The maximum absolute atomic E-state index is 8.41. The summed E-state index contributed by atoms with van der Waals surface area (Å²) < 4.78 is 40.8. The van der Waals surface area contributed by atoms with Gasteiger partial charge in [-0.15, -0.1) is 0 Å². The van der Waals surface area contributed by atoms with Crippen molar-refractivity contribution in [3.63, 3.8) is 0 Å². The molecule has 0 amide bonds. The molecule has 0 spiro atoms. The van der Waals surface area contributed by atoms with Gasteiger partial charge in [0.05, 0.1) is 18.1 Å². The highest BCUT2D eigenvalue weighted by Crippen LogP contribution is 2.38. The number of hydrogen-bond acceptors (Lipinski definition) is 2. The Morgan fingerprint density at radius 2 is 1.32 bits per heavy atom. The van der Waals surface area contributed by atoms with Crippen LogP contribution in [0.15, 0.2) is 78.7 Å². The summed E-state index contributed by atoms with van der Waals surface area (Å²) in [5.41, 5.74) is 0.811. The van der Waals surface area contributed by atoms with Gasteiger partial charge in [0, 0.05) is 16.3 Å². The average molecular weight is 346 g/mol. The third-order valence-electron chi connectivity index (χ3n) is 4.29. The molecule has 1 aromatic heterocycles. The number of halogens is 1. The van der Waals surface area contributed by atoms with Gasteiger partial charge in [0.15, 0.2) is 0 Å². The van der Waals surface area contributed by atoms with Gasteiger partial charge < -0.3 is 0 Å². The molecule has 3 heteroatoms. The van der Waals surface area contributed by atoms with E-state index in [9.17, 15) is 0 Å². The molecule has 0 aliphatic heterocycles. The molecule has 0 unspecified atom stereocenters. The Morgan fingerprint density at radius 1 is 0.720 bits per heavy atom. The first-order valence-electron chi connectivity index (χ1n) is 10.2. The standard InChI is InChI=1S/C22H13ClN2/c23-22-24-20(14-8-2-1-3-9-14)19-17-12-6-4-10-15(17)16-11-5-7-13-18(16)21(19)25-22/h1-13H/i1D,2D,3D,8D,9D. The van der Waals surface area contributed by atoms with Gasteiger partial charge in [-0.05, 0) is 27.8 Å². The van der Waals surface area contributed by atoms with E-state index in [1.807, 2.05) is 48.5 Å². The molecular weight excluding hydrogens is 328 g/mol. The largest absolute Gasteiger partial charge is 0.223 e. The Bertz CT molecular complexity index is 1490. The van der Waals surface area contributed by atoms with E-state index >= 15 is 0 Å². The number of benzene rings is 4. The van der Waals surface area contributed by atoms with Crippen LogP contribution in [0.4, 0.5) is 0 Å². The van der Waals surface area contributed by atoms with E-state index in [-0.39, 0.29) is 28.6 Å². The van der Waals surface area contributed by atoms with Gasteiger partial charge >= 0.3 is 0 Å². The predicted molar refractivity (Wildman–Crippen MR) is 105 cm³/mol. The average Bonchev–Trinajstić information content (AvgIpc) is 2.76. The Balaban J connectivity index is 2.10. The number of fused-ring (bicyclic) bond motifs is 6. The quantitative estimate of drug-likeness (QED) is 0.265. The van der Waals surface area contributed by atoms with Crippen LogP contribution in [0, 0.1) is 0 Å². The monoisotopic (exact) mass is 345 g/mol. The van der Waals surface area contributed by atoms with Gasteiger partial charge in [-0.3, -0.25) is 0 Å². The van der Waals surface area contributed by atoms with Crippen molar-refractivity contribution in [2.24, 2.45) is 0 Å². The maximum Gasteiger partial charge on any atom is 0.223 e. The summed E-state index contributed by atoms with van der Waals surface area (Å²) in [6.07, 6.45) is 0. The minimum Gasteiger partial charge on any atom is -0.217 e. The molecule has 2 nitrogen and oxygen atoms in total. The molecular formula is C22H13ClN2. The van der Waals surface area contributed by atoms with E-state index in [0.29, 0.717) is 10.9 Å². The normalized spacial score (nSPS) is 14.2. The molecule has 0 bridgehead atoms. The van der Waals surface area contributed by atoms with Crippen LogP contribution >= 0.6 is 11.6 Å². The van der Waals surface area contributed by atoms with Crippen LogP contribution < -0.4 is 0 Å². The van der Waals surface area contributed by atoms with E-state index < -0.39 is 18.1 Å². The molecule has 0 saturated heterocycles. The summed E-state index contributed by atoms with van der Waals surface area (Å²) in [6, 6.07) is 13.6. The lowest BCUT2D eigenvalue weighted by Crippen LogP contribution is -1.94. The lowest BCUT2D eigenvalue weighted by Gasteiger charge is -2.13. The van der Waals surface area contributed by atoms with Crippen molar-refractivity contribution in [1.29, 1.82) is 0 Å². The molecule has 0 radical (unpaired) electrons. The van der Waals surface area contributed by atoms with E-state index in [2.05, 4.69) is 9.97 Å². The van der Waals surface area contributed by atoms with Crippen LogP contribution in [-0.2, 0) is 0 Å². The second-order valence-electron chi connectivity index (χ2n) is 5.66. The summed E-state index contributed by atoms with van der Waals surface area (Å²) >= 11 is 6.27. The molecule has 0 N–H and O–H groups in total. The molecule has 0 aliphatic rings. The zero-order chi connectivity index (χ0) is 21.2. The Labute approximate surface area is 156 Å². The van der Waals surface area contributed by atoms with Gasteiger partial charge in [-0.1, -0.05) is 78.7 Å². The molecule has 4 aromatic carbocycles. The topological polar surface area (TPSA) is 25.8 Å². The van der Waals surface area contributed by atoms with Crippen molar-refractivity contribution in [3.8, 4) is 11.3 Å². The van der Waals surface area contributed by atoms with Crippen LogP contribution in [0.25, 0.3) is 43.7 Å². The van der Waals surface area contributed by atoms with Crippen LogP contribution in [-0.4, -0.2) is 9.97 Å². The van der Waals surface area contributed by atoms with Gasteiger partial charge in [-0.25, -0.2) is 9.97 Å². The minimum absolute atomic E-state index is 0.00994. The van der Waals surface area contributed by atoms with Crippen molar-refractivity contribution in [2.45, 2.75) is 0 Å². The third kappa shape index (κ3) is 2.19. The van der Waals surface area contributed by atoms with Gasteiger partial charge in [0.1, 0.15) is 0 Å². The van der Waals surface area contributed by atoms with Gasteiger partial charge in [0.2, 0.25) is 5.28 Å². The number of nitrogens with zero attached hydrogens (tertiary/aromatic N) is 2. The van der Waals surface area contributed by atoms with E-state index in [1.54, 1.807) is 0 Å². The Hall–Kier alpha value is -2.97. The molecule has 0 fully saturated rings. The summed E-state index contributed by atoms with van der Waals surface area (Å²) in [4.78, 5) is 8.81. The van der Waals surface area contributed by atoms with Crippen LogP contribution in [0.5, 0.6) is 0 Å². The van der Waals surface area contributed by atoms with Crippen molar-refractivity contribution >= 4 is 44.0 Å². The van der Waals surface area contributed by atoms with Crippen LogP contribution in [0.2, 0.25) is 5.28 Å². The number of aromatic nitrogens is 2. The fraction of sp³-hybridized carbons (Fsp3) is 0. The lowest BCUT2D eigenvalue weighted by atomic mass is 9.94. The zero-order valence-electron chi connectivity index (χ0n) is 17.9. The van der Waals surface area contributed by atoms with Crippen LogP contribution in [0.1, 0.15) is 6.85 Å².